The molecule has 5 nitrogen and oxygen atoms in total. The Hall–Kier alpha value is -2.31. The van der Waals surface area contributed by atoms with Gasteiger partial charge in [0, 0.05) is 37.5 Å². The summed E-state index contributed by atoms with van der Waals surface area (Å²) in [4.78, 5) is 22.7. The highest BCUT2D eigenvalue weighted by Gasteiger charge is 2.20. The van der Waals surface area contributed by atoms with Gasteiger partial charge in [0.1, 0.15) is 0 Å². The molecular weight excluding hydrogens is 332 g/mol. The predicted octanol–water partition coefficient (Wildman–Crippen LogP) is 2.90. The minimum atomic E-state index is 0.127. The predicted molar refractivity (Wildman–Crippen MR) is 101 cm³/mol. The Kier molecular flexibility index (Phi) is 4.72. The summed E-state index contributed by atoms with van der Waals surface area (Å²) in [5.74, 6) is 0.843. The van der Waals surface area contributed by atoms with E-state index in [0.717, 1.165) is 53.5 Å². The fourth-order valence-electron chi connectivity index (χ4n) is 3.04. The van der Waals surface area contributed by atoms with E-state index >= 15 is 0 Å². The Morgan fingerprint density at radius 1 is 1.08 bits per heavy atom. The molecule has 2 heterocycles. The van der Waals surface area contributed by atoms with Crippen molar-refractivity contribution in [2.75, 3.05) is 26.2 Å². The molecule has 0 atom stereocenters. The number of nitrogens with zero attached hydrogens (tertiary/aromatic N) is 2. The van der Waals surface area contributed by atoms with Crippen LogP contribution in [0.15, 0.2) is 53.7 Å². The summed E-state index contributed by atoms with van der Waals surface area (Å²) < 4.78 is 0. The van der Waals surface area contributed by atoms with Crippen molar-refractivity contribution in [3.8, 4) is 0 Å². The number of carbonyl (C=O) groups excluding carboxylic acids is 1. The summed E-state index contributed by atoms with van der Waals surface area (Å²) in [5, 5.41) is 4.16. The second-order valence-corrected chi connectivity index (χ2v) is 7.01. The summed E-state index contributed by atoms with van der Waals surface area (Å²) in [5.41, 5.74) is 3.86. The summed E-state index contributed by atoms with van der Waals surface area (Å²) >= 11 is 1.63. The van der Waals surface area contributed by atoms with Gasteiger partial charge in [-0.05, 0) is 23.8 Å². The van der Waals surface area contributed by atoms with Gasteiger partial charge in [-0.2, -0.15) is 0 Å². The van der Waals surface area contributed by atoms with Crippen molar-refractivity contribution in [2.45, 2.75) is 10.9 Å². The smallest absolute Gasteiger partial charge is 0.254 e. The van der Waals surface area contributed by atoms with Gasteiger partial charge in [-0.3, -0.25) is 4.79 Å². The summed E-state index contributed by atoms with van der Waals surface area (Å²) in [6.45, 7) is 3.26. The standard InChI is InChI=1S/C19H20N4OS/c24-18(23-11-9-20-10-12-23)15-6-2-1-5-14(15)13-25-19-21-16-7-3-4-8-17(16)22-19/h1-8,20H,9-13H2,(H,21,22). The highest BCUT2D eigenvalue weighted by Crippen LogP contribution is 2.25. The number of H-pyrrole nitrogens is 1. The maximum atomic E-state index is 12.8. The number of aromatic amines is 1. The number of thioether (sulfide) groups is 1. The maximum Gasteiger partial charge on any atom is 0.254 e. The van der Waals surface area contributed by atoms with Gasteiger partial charge in [0.25, 0.3) is 5.91 Å². The normalized spacial score (nSPS) is 14.8. The number of nitrogens with one attached hydrogen (secondary N) is 2. The summed E-state index contributed by atoms with van der Waals surface area (Å²) in [7, 11) is 0. The lowest BCUT2D eigenvalue weighted by Gasteiger charge is -2.28. The Balaban J connectivity index is 1.51. The fraction of sp³-hybridized carbons (Fsp3) is 0.263. The molecule has 0 aliphatic carbocycles. The molecule has 128 valence electrons. The molecule has 4 rings (SSSR count). The third-order valence-electron chi connectivity index (χ3n) is 4.38. The average Bonchev–Trinajstić information content (AvgIpc) is 3.10. The molecule has 1 aliphatic rings. The first kappa shape index (κ1) is 16.2. The van der Waals surface area contributed by atoms with Crippen molar-refractivity contribution in [3.63, 3.8) is 0 Å². The lowest BCUT2D eigenvalue weighted by molar-refractivity contribution is 0.0735. The largest absolute Gasteiger partial charge is 0.336 e. The van der Waals surface area contributed by atoms with Crippen LogP contribution in [0.4, 0.5) is 0 Å². The van der Waals surface area contributed by atoms with E-state index in [9.17, 15) is 4.79 Å². The molecule has 6 heteroatoms. The maximum absolute atomic E-state index is 12.8. The van der Waals surface area contributed by atoms with E-state index in [4.69, 9.17) is 0 Å². The van der Waals surface area contributed by atoms with E-state index in [0.29, 0.717) is 5.75 Å². The molecule has 0 radical (unpaired) electrons. The molecule has 1 fully saturated rings. The molecule has 0 bridgehead atoms. The number of fused-ring (bicyclic) bond motifs is 1. The number of amides is 1. The van der Waals surface area contributed by atoms with E-state index in [2.05, 4.69) is 15.3 Å². The van der Waals surface area contributed by atoms with Crippen LogP contribution in [0, 0.1) is 0 Å². The molecular formula is C19H20N4OS. The monoisotopic (exact) mass is 352 g/mol. The SMILES string of the molecule is O=C(c1ccccc1CSc1nc2ccccc2[nH]1)N1CCNCC1. The van der Waals surface area contributed by atoms with Crippen LogP contribution in [-0.4, -0.2) is 47.0 Å². The van der Waals surface area contributed by atoms with Crippen LogP contribution in [0.1, 0.15) is 15.9 Å². The number of piperazine rings is 1. The fourth-order valence-corrected chi connectivity index (χ4v) is 3.93. The lowest BCUT2D eigenvalue weighted by atomic mass is 10.1. The topological polar surface area (TPSA) is 61.0 Å². The average molecular weight is 352 g/mol. The second kappa shape index (κ2) is 7.29. The summed E-state index contributed by atoms with van der Waals surface area (Å²) in [6.07, 6.45) is 0. The van der Waals surface area contributed by atoms with Crippen molar-refractivity contribution in [1.29, 1.82) is 0 Å². The number of benzene rings is 2. The Morgan fingerprint density at radius 3 is 2.68 bits per heavy atom. The van der Waals surface area contributed by atoms with Gasteiger partial charge in [0.15, 0.2) is 5.16 Å². The first-order chi connectivity index (χ1) is 12.3. The molecule has 0 unspecified atom stereocenters. The number of hydrogen-bond donors (Lipinski definition) is 2. The van der Waals surface area contributed by atoms with Crippen LogP contribution in [-0.2, 0) is 5.75 Å². The van der Waals surface area contributed by atoms with Gasteiger partial charge in [-0.1, -0.05) is 42.1 Å². The molecule has 0 spiro atoms. The van der Waals surface area contributed by atoms with E-state index < -0.39 is 0 Å². The first-order valence-corrected chi connectivity index (χ1v) is 9.45. The third kappa shape index (κ3) is 3.55. The highest BCUT2D eigenvalue weighted by molar-refractivity contribution is 7.98. The van der Waals surface area contributed by atoms with Crippen molar-refractivity contribution in [2.24, 2.45) is 0 Å². The highest BCUT2D eigenvalue weighted by atomic mass is 32.2. The third-order valence-corrected chi connectivity index (χ3v) is 5.31. The van der Waals surface area contributed by atoms with Crippen molar-refractivity contribution < 1.29 is 4.79 Å². The van der Waals surface area contributed by atoms with Crippen molar-refractivity contribution in [3.05, 3.63) is 59.7 Å². The van der Waals surface area contributed by atoms with Gasteiger partial charge in [-0.25, -0.2) is 4.98 Å². The molecule has 1 saturated heterocycles. The van der Waals surface area contributed by atoms with Crippen LogP contribution >= 0.6 is 11.8 Å². The van der Waals surface area contributed by atoms with Crippen molar-refractivity contribution >= 4 is 28.7 Å². The Bertz CT molecular complexity index is 853. The van der Waals surface area contributed by atoms with Gasteiger partial charge in [-0.15, -0.1) is 0 Å². The number of hydrogen-bond acceptors (Lipinski definition) is 4. The van der Waals surface area contributed by atoms with Gasteiger partial charge < -0.3 is 15.2 Å². The molecule has 2 aromatic carbocycles. The molecule has 1 aliphatic heterocycles. The molecule has 25 heavy (non-hydrogen) atoms. The van der Waals surface area contributed by atoms with Crippen LogP contribution in [0.2, 0.25) is 0 Å². The Morgan fingerprint density at radius 2 is 1.84 bits per heavy atom. The van der Waals surface area contributed by atoms with E-state index in [1.54, 1.807) is 11.8 Å². The number of aromatic nitrogens is 2. The zero-order valence-corrected chi connectivity index (χ0v) is 14.7. The van der Waals surface area contributed by atoms with Crippen LogP contribution in [0.3, 0.4) is 0 Å². The molecule has 2 N–H and O–H groups in total. The van der Waals surface area contributed by atoms with Crippen LogP contribution < -0.4 is 5.32 Å². The number of imidazole rings is 1. The van der Waals surface area contributed by atoms with E-state index in [-0.39, 0.29) is 5.91 Å². The zero-order chi connectivity index (χ0) is 17.1. The minimum absolute atomic E-state index is 0.127. The summed E-state index contributed by atoms with van der Waals surface area (Å²) in [6, 6.07) is 15.9. The van der Waals surface area contributed by atoms with Crippen molar-refractivity contribution in [1.82, 2.24) is 20.2 Å². The van der Waals surface area contributed by atoms with Gasteiger partial charge >= 0.3 is 0 Å². The molecule has 0 saturated carbocycles. The molecule has 1 aromatic heterocycles. The Labute approximate surface area is 150 Å². The number of rotatable bonds is 4. The zero-order valence-electron chi connectivity index (χ0n) is 13.9. The second-order valence-electron chi connectivity index (χ2n) is 6.05. The van der Waals surface area contributed by atoms with Gasteiger partial charge in [0.2, 0.25) is 0 Å². The van der Waals surface area contributed by atoms with E-state index in [1.807, 2.05) is 53.4 Å². The molecule has 1 amide bonds. The van der Waals surface area contributed by atoms with Crippen LogP contribution in [0.25, 0.3) is 11.0 Å². The minimum Gasteiger partial charge on any atom is -0.336 e. The first-order valence-electron chi connectivity index (χ1n) is 8.47. The number of carbonyl (C=O) groups is 1. The molecule has 3 aromatic rings. The lowest BCUT2D eigenvalue weighted by Crippen LogP contribution is -2.46. The van der Waals surface area contributed by atoms with Crippen LogP contribution in [0.5, 0.6) is 0 Å². The quantitative estimate of drug-likeness (QED) is 0.709. The number of para-hydroxylation sites is 2. The van der Waals surface area contributed by atoms with E-state index in [1.165, 1.54) is 0 Å². The van der Waals surface area contributed by atoms with Gasteiger partial charge in [0.05, 0.1) is 11.0 Å².